The molecule has 1 aliphatic heterocycles. The van der Waals surface area contributed by atoms with Crippen molar-refractivity contribution in [1.29, 1.82) is 0 Å². The summed E-state index contributed by atoms with van der Waals surface area (Å²) in [6.45, 7) is 2.69. The summed E-state index contributed by atoms with van der Waals surface area (Å²) in [6.07, 6.45) is 5.50. The molecule has 20 heavy (non-hydrogen) atoms. The number of hydrogen-bond acceptors (Lipinski definition) is 2. The molecule has 0 atom stereocenters. The van der Waals surface area contributed by atoms with Crippen molar-refractivity contribution in [2.75, 3.05) is 17.2 Å². The highest BCUT2D eigenvalue weighted by molar-refractivity contribution is 6.07. The molecule has 4 nitrogen and oxygen atoms in total. The van der Waals surface area contributed by atoms with Crippen LogP contribution in [0.15, 0.2) is 30.6 Å². The number of anilines is 2. The number of aromatic amines is 1. The SMILES string of the molecule is Cc1c[nH]cc1C(=O)N1CCCc2c(N)cccc21.Cl. The van der Waals surface area contributed by atoms with Gasteiger partial charge in [-0.25, -0.2) is 0 Å². The van der Waals surface area contributed by atoms with E-state index in [1.54, 1.807) is 6.20 Å². The van der Waals surface area contributed by atoms with E-state index in [0.717, 1.165) is 47.5 Å². The second-order valence-corrected chi connectivity index (χ2v) is 4.96. The number of carbonyl (C=O) groups excluding carboxylic acids is 1. The predicted octanol–water partition coefficient (Wildman–Crippen LogP) is 2.92. The van der Waals surface area contributed by atoms with Crippen LogP contribution in [0.2, 0.25) is 0 Å². The maximum atomic E-state index is 12.6. The summed E-state index contributed by atoms with van der Waals surface area (Å²) in [4.78, 5) is 17.4. The van der Waals surface area contributed by atoms with E-state index in [9.17, 15) is 4.79 Å². The maximum absolute atomic E-state index is 12.6. The number of nitrogens with one attached hydrogen (secondary N) is 1. The molecule has 0 radical (unpaired) electrons. The van der Waals surface area contributed by atoms with E-state index in [1.165, 1.54) is 0 Å². The summed E-state index contributed by atoms with van der Waals surface area (Å²) >= 11 is 0. The predicted molar refractivity (Wildman–Crippen MR) is 83.6 cm³/mol. The normalized spacial score (nSPS) is 13.6. The van der Waals surface area contributed by atoms with Gasteiger partial charge in [0.2, 0.25) is 0 Å². The van der Waals surface area contributed by atoms with E-state index in [0.29, 0.717) is 0 Å². The number of halogens is 1. The van der Waals surface area contributed by atoms with E-state index in [1.807, 2.05) is 36.2 Å². The number of aromatic nitrogens is 1. The van der Waals surface area contributed by atoms with Crippen LogP contribution in [0.25, 0.3) is 0 Å². The number of nitrogens with zero attached hydrogens (tertiary/aromatic N) is 1. The van der Waals surface area contributed by atoms with Gasteiger partial charge in [-0.3, -0.25) is 4.79 Å². The summed E-state index contributed by atoms with van der Waals surface area (Å²) in [5, 5.41) is 0. The lowest BCUT2D eigenvalue weighted by molar-refractivity contribution is 0.0985. The molecular formula is C15H18ClN3O. The fourth-order valence-electron chi connectivity index (χ4n) is 2.68. The quantitative estimate of drug-likeness (QED) is 0.794. The van der Waals surface area contributed by atoms with Crippen molar-refractivity contribution in [3.63, 3.8) is 0 Å². The first-order valence-electron chi connectivity index (χ1n) is 6.51. The molecule has 1 aromatic heterocycles. The number of rotatable bonds is 1. The Morgan fingerprint density at radius 2 is 2.15 bits per heavy atom. The lowest BCUT2D eigenvalue weighted by Crippen LogP contribution is -2.35. The summed E-state index contributed by atoms with van der Waals surface area (Å²) < 4.78 is 0. The molecule has 1 amide bonds. The van der Waals surface area contributed by atoms with Gasteiger partial charge in [0.15, 0.2) is 0 Å². The first-order valence-corrected chi connectivity index (χ1v) is 6.51. The molecule has 3 N–H and O–H groups in total. The lowest BCUT2D eigenvalue weighted by Gasteiger charge is -2.30. The molecule has 0 aliphatic carbocycles. The second-order valence-electron chi connectivity index (χ2n) is 4.96. The smallest absolute Gasteiger partial charge is 0.260 e. The number of amides is 1. The standard InChI is InChI=1S/C15H17N3O.ClH/c1-10-8-17-9-12(10)15(19)18-7-3-4-11-13(16)5-2-6-14(11)18;/h2,5-6,8-9,17H,3-4,7,16H2,1H3;1H. The molecule has 106 valence electrons. The minimum absolute atomic E-state index is 0. The Balaban J connectivity index is 0.00000147. The molecule has 0 unspecified atom stereocenters. The molecule has 2 aromatic rings. The number of nitrogen functional groups attached to an aromatic ring is 1. The van der Waals surface area contributed by atoms with Crippen LogP contribution in [0.1, 0.15) is 27.9 Å². The van der Waals surface area contributed by atoms with Crippen LogP contribution in [0.3, 0.4) is 0 Å². The zero-order valence-electron chi connectivity index (χ0n) is 11.3. The molecule has 0 saturated heterocycles. The van der Waals surface area contributed by atoms with Crippen LogP contribution < -0.4 is 10.6 Å². The fraction of sp³-hybridized carbons (Fsp3) is 0.267. The second kappa shape index (κ2) is 5.59. The van der Waals surface area contributed by atoms with Gasteiger partial charge in [0, 0.05) is 30.3 Å². The first kappa shape index (κ1) is 14.5. The van der Waals surface area contributed by atoms with E-state index in [-0.39, 0.29) is 18.3 Å². The van der Waals surface area contributed by atoms with Crippen molar-refractivity contribution in [3.8, 4) is 0 Å². The van der Waals surface area contributed by atoms with E-state index in [4.69, 9.17) is 5.73 Å². The number of benzene rings is 1. The number of nitrogens with two attached hydrogens (primary N) is 1. The Hall–Kier alpha value is -1.94. The monoisotopic (exact) mass is 291 g/mol. The van der Waals surface area contributed by atoms with Gasteiger partial charge in [0.25, 0.3) is 5.91 Å². The highest BCUT2D eigenvalue weighted by Crippen LogP contribution is 2.32. The zero-order chi connectivity index (χ0) is 13.4. The van der Waals surface area contributed by atoms with Crippen LogP contribution in [0.5, 0.6) is 0 Å². The zero-order valence-corrected chi connectivity index (χ0v) is 12.2. The third kappa shape index (κ3) is 2.27. The molecule has 0 spiro atoms. The minimum atomic E-state index is 0. The van der Waals surface area contributed by atoms with Gasteiger partial charge in [-0.05, 0) is 43.0 Å². The molecule has 0 bridgehead atoms. The van der Waals surface area contributed by atoms with E-state index >= 15 is 0 Å². The summed E-state index contributed by atoms with van der Waals surface area (Å²) in [6, 6.07) is 5.78. The summed E-state index contributed by atoms with van der Waals surface area (Å²) in [5.41, 5.74) is 10.5. The van der Waals surface area contributed by atoms with Crippen molar-refractivity contribution >= 4 is 29.7 Å². The molecule has 1 aliphatic rings. The highest BCUT2D eigenvalue weighted by atomic mass is 35.5. The van der Waals surface area contributed by atoms with Gasteiger partial charge >= 0.3 is 0 Å². The van der Waals surface area contributed by atoms with Crippen LogP contribution >= 0.6 is 12.4 Å². The summed E-state index contributed by atoms with van der Waals surface area (Å²) in [7, 11) is 0. The van der Waals surface area contributed by atoms with Gasteiger partial charge in [0.05, 0.1) is 5.56 Å². The van der Waals surface area contributed by atoms with Gasteiger partial charge in [-0.2, -0.15) is 0 Å². The third-order valence-electron chi connectivity index (χ3n) is 3.71. The number of H-pyrrole nitrogens is 1. The Labute approximate surface area is 124 Å². The number of carbonyl (C=O) groups is 1. The van der Waals surface area contributed by atoms with Crippen molar-refractivity contribution in [3.05, 3.63) is 47.3 Å². The van der Waals surface area contributed by atoms with Crippen LogP contribution in [0.4, 0.5) is 11.4 Å². The van der Waals surface area contributed by atoms with Crippen LogP contribution in [-0.2, 0) is 6.42 Å². The van der Waals surface area contributed by atoms with Gasteiger partial charge in [0.1, 0.15) is 0 Å². The third-order valence-corrected chi connectivity index (χ3v) is 3.71. The number of fused-ring (bicyclic) bond motifs is 1. The highest BCUT2D eigenvalue weighted by Gasteiger charge is 2.25. The van der Waals surface area contributed by atoms with Crippen molar-refractivity contribution in [2.45, 2.75) is 19.8 Å². The largest absolute Gasteiger partial charge is 0.398 e. The maximum Gasteiger partial charge on any atom is 0.260 e. The Morgan fingerprint density at radius 3 is 2.85 bits per heavy atom. The molecule has 3 rings (SSSR count). The minimum Gasteiger partial charge on any atom is -0.398 e. The first-order chi connectivity index (χ1) is 9.18. The molecule has 0 fully saturated rings. The summed E-state index contributed by atoms with van der Waals surface area (Å²) in [5.74, 6) is 0.0466. The van der Waals surface area contributed by atoms with Crippen LogP contribution in [-0.4, -0.2) is 17.4 Å². The Kier molecular flexibility index (Phi) is 4.04. The van der Waals surface area contributed by atoms with Crippen LogP contribution in [0, 0.1) is 6.92 Å². The molecule has 2 heterocycles. The average Bonchev–Trinajstić information content (AvgIpc) is 2.84. The number of hydrogen-bond donors (Lipinski definition) is 2. The van der Waals surface area contributed by atoms with Crippen molar-refractivity contribution < 1.29 is 4.79 Å². The molecular weight excluding hydrogens is 274 g/mol. The van der Waals surface area contributed by atoms with E-state index in [2.05, 4.69) is 4.98 Å². The Bertz CT molecular complexity index is 636. The average molecular weight is 292 g/mol. The van der Waals surface area contributed by atoms with Crippen molar-refractivity contribution in [2.24, 2.45) is 0 Å². The number of aryl methyl sites for hydroxylation is 1. The van der Waals surface area contributed by atoms with Gasteiger partial charge in [-0.15, -0.1) is 12.4 Å². The van der Waals surface area contributed by atoms with Crippen molar-refractivity contribution in [1.82, 2.24) is 4.98 Å². The molecule has 1 aromatic carbocycles. The fourth-order valence-corrected chi connectivity index (χ4v) is 2.68. The van der Waals surface area contributed by atoms with Gasteiger partial charge in [-0.1, -0.05) is 6.07 Å². The molecule has 0 saturated carbocycles. The Morgan fingerprint density at radius 1 is 1.35 bits per heavy atom. The van der Waals surface area contributed by atoms with Gasteiger partial charge < -0.3 is 15.6 Å². The van der Waals surface area contributed by atoms with E-state index < -0.39 is 0 Å². The topological polar surface area (TPSA) is 62.1 Å². The molecule has 5 heteroatoms. The lowest BCUT2D eigenvalue weighted by atomic mass is 9.99.